The van der Waals surface area contributed by atoms with Gasteiger partial charge in [0.25, 0.3) is 5.91 Å². The van der Waals surface area contributed by atoms with E-state index in [9.17, 15) is 10.1 Å². The molecule has 29 heavy (non-hydrogen) atoms. The number of benzene rings is 2. The van der Waals surface area contributed by atoms with Gasteiger partial charge in [0.2, 0.25) is 0 Å². The van der Waals surface area contributed by atoms with Gasteiger partial charge >= 0.3 is 0 Å². The number of hydrogen-bond donors (Lipinski definition) is 1. The first-order valence-electron chi connectivity index (χ1n) is 9.10. The summed E-state index contributed by atoms with van der Waals surface area (Å²) >= 11 is 0. The van der Waals surface area contributed by atoms with E-state index in [1.807, 2.05) is 61.5 Å². The molecule has 3 aromatic rings. The molecule has 1 heterocycles. The minimum atomic E-state index is -0.484. The molecule has 3 rings (SSSR count). The molecule has 1 N–H and O–H groups in total. The molecule has 2 aromatic carbocycles. The van der Waals surface area contributed by atoms with Crippen molar-refractivity contribution in [2.75, 3.05) is 5.32 Å². The average molecular weight is 381 g/mol. The summed E-state index contributed by atoms with van der Waals surface area (Å²) < 4.78 is 1.66. The molecule has 0 spiro atoms. The molecule has 0 aliphatic rings. The smallest absolute Gasteiger partial charge is 0.266 e. The van der Waals surface area contributed by atoms with E-state index in [0.29, 0.717) is 29.9 Å². The topological polar surface area (TPSA) is 94.5 Å². The Morgan fingerprint density at radius 3 is 2.66 bits per heavy atom. The summed E-state index contributed by atoms with van der Waals surface area (Å²) in [6, 6.07) is 21.0. The molecule has 0 saturated heterocycles. The van der Waals surface area contributed by atoms with E-state index < -0.39 is 5.91 Å². The van der Waals surface area contributed by atoms with Gasteiger partial charge in [0.05, 0.1) is 24.7 Å². The number of nitrogens with one attached hydrogen (secondary N) is 1. The minimum Gasteiger partial charge on any atom is -0.321 e. The van der Waals surface area contributed by atoms with Crippen LogP contribution in [0.15, 0.2) is 66.4 Å². The van der Waals surface area contributed by atoms with Gasteiger partial charge in [-0.2, -0.15) is 15.6 Å². The van der Waals surface area contributed by atoms with Crippen molar-refractivity contribution in [1.82, 2.24) is 9.78 Å². The molecule has 0 radical (unpaired) electrons. The number of anilines is 1. The highest BCUT2D eigenvalue weighted by atomic mass is 16.1. The predicted octanol–water partition coefficient (Wildman–Crippen LogP) is 4.32. The molecule has 0 fully saturated rings. The molecule has 0 aliphatic carbocycles. The van der Waals surface area contributed by atoms with Crippen LogP contribution in [0, 0.1) is 29.6 Å². The van der Waals surface area contributed by atoms with Gasteiger partial charge in [-0.1, -0.05) is 42.5 Å². The maximum absolute atomic E-state index is 12.6. The molecule has 6 nitrogen and oxygen atoms in total. The second-order valence-corrected chi connectivity index (χ2v) is 6.46. The number of rotatable bonds is 6. The van der Waals surface area contributed by atoms with Crippen LogP contribution in [0.5, 0.6) is 0 Å². The maximum atomic E-state index is 12.6. The first-order chi connectivity index (χ1) is 14.1. The van der Waals surface area contributed by atoms with Gasteiger partial charge in [0.15, 0.2) is 0 Å². The highest BCUT2D eigenvalue weighted by Gasteiger charge is 2.14. The Bertz CT molecular complexity index is 1130. The zero-order valence-corrected chi connectivity index (χ0v) is 16.0. The van der Waals surface area contributed by atoms with Crippen LogP contribution < -0.4 is 5.32 Å². The second-order valence-electron chi connectivity index (χ2n) is 6.46. The molecule has 0 atom stereocenters. The van der Waals surface area contributed by atoms with E-state index in [1.54, 1.807) is 16.9 Å². The van der Waals surface area contributed by atoms with E-state index in [4.69, 9.17) is 5.26 Å². The van der Waals surface area contributed by atoms with E-state index in [2.05, 4.69) is 16.5 Å². The molecule has 0 bridgehead atoms. The third kappa shape index (κ3) is 4.97. The number of carbonyl (C=O) groups is 1. The maximum Gasteiger partial charge on any atom is 0.266 e. The highest BCUT2D eigenvalue weighted by Crippen LogP contribution is 2.24. The van der Waals surface area contributed by atoms with Crippen molar-refractivity contribution in [3.05, 3.63) is 77.5 Å². The average Bonchev–Trinajstić information content (AvgIpc) is 3.13. The monoisotopic (exact) mass is 381 g/mol. The summed E-state index contributed by atoms with van der Waals surface area (Å²) in [5.41, 5.74) is 3.78. The second kappa shape index (κ2) is 9.16. The third-order valence-electron chi connectivity index (χ3n) is 4.23. The van der Waals surface area contributed by atoms with Gasteiger partial charge < -0.3 is 5.32 Å². The Morgan fingerprint density at radius 2 is 1.97 bits per heavy atom. The summed E-state index contributed by atoms with van der Waals surface area (Å²) in [4.78, 5) is 12.6. The van der Waals surface area contributed by atoms with Gasteiger partial charge in [0.1, 0.15) is 11.6 Å². The predicted molar refractivity (Wildman–Crippen MR) is 111 cm³/mol. The van der Waals surface area contributed by atoms with Gasteiger partial charge in [0, 0.05) is 23.0 Å². The van der Waals surface area contributed by atoms with Crippen LogP contribution in [0.2, 0.25) is 0 Å². The van der Waals surface area contributed by atoms with Crippen LogP contribution in [0.4, 0.5) is 5.69 Å². The number of nitrogens with zero attached hydrogens (tertiary/aromatic N) is 4. The Morgan fingerprint density at radius 1 is 1.17 bits per heavy atom. The quantitative estimate of drug-likeness (QED) is 0.508. The standard InChI is InChI=1S/C23H19N5O/c1-17-7-5-10-21(13-17)26-23(29)19(15-25)14-20-16-28(12-6-11-24)27-22(20)18-8-3-2-4-9-18/h2-5,7-10,13-14,16H,6,12H2,1H3,(H,26,29)/b19-14+. The fraction of sp³-hybridized carbons (Fsp3) is 0.130. The van der Waals surface area contributed by atoms with E-state index in [0.717, 1.165) is 11.1 Å². The lowest BCUT2D eigenvalue weighted by Gasteiger charge is -2.05. The Kier molecular flexibility index (Phi) is 6.19. The van der Waals surface area contributed by atoms with Gasteiger partial charge in [-0.15, -0.1) is 0 Å². The van der Waals surface area contributed by atoms with Crippen LogP contribution in [-0.2, 0) is 11.3 Å². The summed E-state index contributed by atoms with van der Waals surface area (Å²) in [6.45, 7) is 2.36. The number of aryl methyl sites for hydroxylation is 2. The van der Waals surface area contributed by atoms with E-state index >= 15 is 0 Å². The van der Waals surface area contributed by atoms with Crippen molar-refractivity contribution in [3.8, 4) is 23.4 Å². The fourth-order valence-electron chi connectivity index (χ4n) is 2.87. The molecule has 6 heteroatoms. The number of carbonyl (C=O) groups excluding carboxylic acids is 1. The van der Waals surface area contributed by atoms with Crippen molar-refractivity contribution >= 4 is 17.7 Å². The lowest BCUT2D eigenvalue weighted by Crippen LogP contribution is -2.13. The first kappa shape index (κ1) is 19.6. The minimum absolute atomic E-state index is 0.0245. The zero-order valence-electron chi connectivity index (χ0n) is 16.0. The third-order valence-corrected chi connectivity index (χ3v) is 4.23. The lowest BCUT2D eigenvalue weighted by atomic mass is 10.1. The van der Waals surface area contributed by atoms with Crippen molar-refractivity contribution in [2.24, 2.45) is 0 Å². The van der Waals surface area contributed by atoms with Crippen molar-refractivity contribution in [2.45, 2.75) is 19.9 Å². The molecule has 1 amide bonds. The van der Waals surface area contributed by atoms with Crippen LogP contribution in [0.3, 0.4) is 0 Å². The van der Waals surface area contributed by atoms with Crippen LogP contribution >= 0.6 is 0 Å². The lowest BCUT2D eigenvalue weighted by molar-refractivity contribution is -0.112. The largest absolute Gasteiger partial charge is 0.321 e. The summed E-state index contributed by atoms with van der Waals surface area (Å²) in [5, 5.41) is 25.7. The highest BCUT2D eigenvalue weighted by molar-refractivity contribution is 6.10. The van der Waals surface area contributed by atoms with E-state index in [-0.39, 0.29) is 5.57 Å². The number of hydrogen-bond acceptors (Lipinski definition) is 4. The van der Waals surface area contributed by atoms with E-state index in [1.165, 1.54) is 6.08 Å². The molecule has 1 aromatic heterocycles. The van der Waals surface area contributed by atoms with Gasteiger partial charge in [-0.25, -0.2) is 0 Å². The molecule has 142 valence electrons. The van der Waals surface area contributed by atoms with Crippen molar-refractivity contribution in [3.63, 3.8) is 0 Å². The summed E-state index contributed by atoms with van der Waals surface area (Å²) in [7, 11) is 0. The summed E-state index contributed by atoms with van der Waals surface area (Å²) in [6.07, 6.45) is 3.60. The Balaban J connectivity index is 1.95. The molecular weight excluding hydrogens is 362 g/mol. The Labute approximate surface area is 169 Å². The fourth-order valence-corrected chi connectivity index (χ4v) is 2.87. The normalized spacial score (nSPS) is 10.8. The molecular formula is C23H19N5O. The summed E-state index contributed by atoms with van der Waals surface area (Å²) in [5.74, 6) is -0.484. The van der Waals surface area contributed by atoms with Crippen LogP contribution in [-0.4, -0.2) is 15.7 Å². The SMILES string of the molecule is Cc1cccc(NC(=O)/C(C#N)=C/c2cn(CCC#N)nc2-c2ccccc2)c1. The first-order valence-corrected chi connectivity index (χ1v) is 9.10. The molecule has 0 unspecified atom stereocenters. The number of nitriles is 2. The van der Waals surface area contributed by atoms with Gasteiger partial charge in [-0.3, -0.25) is 9.48 Å². The van der Waals surface area contributed by atoms with Crippen molar-refractivity contribution < 1.29 is 4.79 Å². The number of aromatic nitrogens is 2. The Hall–Kier alpha value is -4.16. The molecule has 0 saturated carbocycles. The molecule has 0 aliphatic heterocycles. The number of amides is 1. The zero-order chi connectivity index (χ0) is 20.6. The van der Waals surface area contributed by atoms with Crippen LogP contribution in [0.25, 0.3) is 17.3 Å². The van der Waals surface area contributed by atoms with Crippen molar-refractivity contribution in [1.29, 1.82) is 10.5 Å². The van der Waals surface area contributed by atoms with Gasteiger partial charge in [-0.05, 0) is 30.7 Å². The van der Waals surface area contributed by atoms with Crippen LogP contribution in [0.1, 0.15) is 17.5 Å².